The average molecular weight is 398 g/mol. The van der Waals surface area contributed by atoms with Gasteiger partial charge in [0.25, 0.3) is 5.91 Å². The second-order valence-corrected chi connectivity index (χ2v) is 7.91. The Morgan fingerprint density at radius 2 is 2.04 bits per heavy atom. The number of rotatable bonds is 5. The molecule has 0 bridgehead atoms. The number of aromatic amines is 1. The van der Waals surface area contributed by atoms with E-state index in [1.54, 1.807) is 12.3 Å². The van der Waals surface area contributed by atoms with E-state index in [-0.39, 0.29) is 11.9 Å². The number of halogens is 1. The summed E-state index contributed by atoms with van der Waals surface area (Å²) in [4.78, 5) is 16.7. The molecule has 1 aliphatic rings. The molecule has 7 heteroatoms. The van der Waals surface area contributed by atoms with Crippen LogP contribution in [0.5, 0.6) is 0 Å². The lowest BCUT2D eigenvalue weighted by atomic mass is 9.86. The Bertz CT molecular complexity index is 978. The molecule has 0 saturated heterocycles. The van der Waals surface area contributed by atoms with Gasteiger partial charge in [0.2, 0.25) is 0 Å². The van der Waals surface area contributed by atoms with Gasteiger partial charge in [0.05, 0.1) is 21.8 Å². The van der Waals surface area contributed by atoms with Crippen molar-refractivity contribution < 1.29 is 4.79 Å². The molecule has 1 fully saturated rings. The lowest BCUT2D eigenvalue weighted by molar-refractivity contribution is 0.0921. The second kappa shape index (κ2) is 8.19. The topological polar surface area (TPSA) is 82.7 Å². The number of aromatic nitrogens is 3. The van der Waals surface area contributed by atoms with Gasteiger partial charge >= 0.3 is 0 Å². The minimum absolute atomic E-state index is 0.0860. The summed E-state index contributed by atoms with van der Waals surface area (Å²) in [5.41, 5.74) is 2.30. The number of carbonyl (C=O) groups is 1. The number of nitrogens with zero attached hydrogens (tertiary/aromatic N) is 2. The first-order valence-corrected chi connectivity index (χ1v) is 10.1. The van der Waals surface area contributed by atoms with Gasteiger partial charge in [-0.3, -0.25) is 14.9 Å². The third-order valence-corrected chi connectivity index (χ3v) is 5.72. The predicted octanol–water partition coefficient (Wildman–Crippen LogP) is 4.32. The van der Waals surface area contributed by atoms with Crippen LogP contribution in [0.4, 0.5) is 5.82 Å². The van der Waals surface area contributed by atoms with Crippen molar-refractivity contribution in [1.29, 1.82) is 0 Å². The molecule has 146 valence electrons. The minimum Gasteiger partial charge on any atom is -0.368 e. The summed E-state index contributed by atoms with van der Waals surface area (Å²) in [7, 11) is 0. The molecule has 4 rings (SSSR count). The molecule has 3 aromatic rings. The van der Waals surface area contributed by atoms with E-state index >= 15 is 0 Å². The van der Waals surface area contributed by atoms with Crippen molar-refractivity contribution in [3.05, 3.63) is 52.8 Å². The van der Waals surface area contributed by atoms with Crippen LogP contribution >= 0.6 is 11.6 Å². The molecule has 1 aliphatic carbocycles. The first-order valence-electron chi connectivity index (χ1n) is 9.70. The largest absolute Gasteiger partial charge is 0.368 e. The van der Waals surface area contributed by atoms with Crippen molar-refractivity contribution in [1.82, 2.24) is 20.5 Å². The zero-order chi connectivity index (χ0) is 19.5. The number of fused-ring (bicyclic) bond motifs is 1. The second-order valence-electron chi connectivity index (χ2n) is 7.48. The van der Waals surface area contributed by atoms with Crippen molar-refractivity contribution in [2.75, 3.05) is 11.9 Å². The molecule has 0 radical (unpaired) electrons. The number of benzene rings is 1. The highest BCUT2D eigenvalue weighted by Gasteiger charge is 2.23. The molecule has 0 aliphatic heterocycles. The molecule has 0 unspecified atom stereocenters. The van der Waals surface area contributed by atoms with E-state index < -0.39 is 0 Å². The Labute approximate surface area is 169 Å². The normalized spacial score (nSPS) is 19.5. The van der Waals surface area contributed by atoms with Crippen LogP contribution < -0.4 is 10.6 Å². The molecule has 2 heterocycles. The average Bonchev–Trinajstić information content (AvgIpc) is 3.12. The third-order valence-electron chi connectivity index (χ3n) is 5.51. The SMILES string of the molecule is Cc1ncc(Cl)cc1C(=O)NC1CCC(CNc2n[nH]c3ccccc23)CC1. The highest BCUT2D eigenvalue weighted by molar-refractivity contribution is 6.30. The van der Waals surface area contributed by atoms with E-state index in [1.165, 1.54) is 0 Å². The molecule has 2 aromatic heterocycles. The van der Waals surface area contributed by atoms with Gasteiger partial charge in [-0.1, -0.05) is 23.7 Å². The van der Waals surface area contributed by atoms with Crippen molar-refractivity contribution >= 4 is 34.2 Å². The fourth-order valence-corrected chi connectivity index (χ4v) is 4.01. The Kier molecular flexibility index (Phi) is 5.48. The van der Waals surface area contributed by atoms with Crippen LogP contribution in [0.15, 0.2) is 36.5 Å². The van der Waals surface area contributed by atoms with E-state index in [4.69, 9.17) is 11.6 Å². The van der Waals surface area contributed by atoms with Crippen LogP contribution in [0.1, 0.15) is 41.7 Å². The van der Waals surface area contributed by atoms with Crippen LogP contribution in [-0.2, 0) is 0 Å². The smallest absolute Gasteiger partial charge is 0.253 e. The monoisotopic (exact) mass is 397 g/mol. The van der Waals surface area contributed by atoms with Crippen molar-refractivity contribution in [3.8, 4) is 0 Å². The number of hydrogen-bond acceptors (Lipinski definition) is 4. The summed E-state index contributed by atoms with van der Waals surface area (Å²) in [5, 5.41) is 15.7. The molecular formula is C21H24ClN5O. The number of H-pyrrole nitrogens is 1. The molecule has 3 N–H and O–H groups in total. The van der Waals surface area contributed by atoms with Gasteiger partial charge in [-0.05, 0) is 56.7 Å². The van der Waals surface area contributed by atoms with E-state index in [0.717, 1.165) is 48.9 Å². The zero-order valence-corrected chi connectivity index (χ0v) is 16.6. The number of para-hydroxylation sites is 1. The van der Waals surface area contributed by atoms with Crippen LogP contribution in [0.3, 0.4) is 0 Å². The molecular weight excluding hydrogens is 374 g/mol. The van der Waals surface area contributed by atoms with Gasteiger partial charge in [-0.2, -0.15) is 5.10 Å². The Balaban J connectivity index is 1.27. The number of hydrogen-bond donors (Lipinski definition) is 3. The van der Waals surface area contributed by atoms with Crippen molar-refractivity contribution in [2.45, 2.75) is 38.6 Å². The fraction of sp³-hybridized carbons (Fsp3) is 0.381. The Morgan fingerprint density at radius 1 is 1.25 bits per heavy atom. The first kappa shape index (κ1) is 18.7. The van der Waals surface area contributed by atoms with Gasteiger partial charge in [-0.15, -0.1) is 0 Å². The lowest BCUT2D eigenvalue weighted by Gasteiger charge is -2.29. The Hall–Kier alpha value is -2.60. The maximum Gasteiger partial charge on any atom is 0.253 e. The number of nitrogens with one attached hydrogen (secondary N) is 3. The standard InChI is InChI=1S/C21H24ClN5O/c1-13-18(10-15(22)12-23-13)21(28)25-16-8-6-14(7-9-16)11-24-20-17-4-2-3-5-19(17)26-27-20/h2-5,10,12,14,16H,6-9,11H2,1H3,(H,25,28)(H2,24,26,27). The van der Waals surface area contributed by atoms with Crippen molar-refractivity contribution in [3.63, 3.8) is 0 Å². The quantitative estimate of drug-likeness (QED) is 0.598. The fourth-order valence-electron chi connectivity index (χ4n) is 3.85. The van der Waals surface area contributed by atoms with E-state index in [0.29, 0.717) is 22.2 Å². The maximum atomic E-state index is 12.5. The summed E-state index contributed by atoms with van der Waals surface area (Å²) < 4.78 is 0. The van der Waals surface area contributed by atoms with Gasteiger partial charge in [0.1, 0.15) is 0 Å². The summed E-state index contributed by atoms with van der Waals surface area (Å²) in [6.07, 6.45) is 5.67. The number of pyridine rings is 1. The Morgan fingerprint density at radius 3 is 2.86 bits per heavy atom. The number of amides is 1. The molecule has 1 aromatic carbocycles. The van der Waals surface area contributed by atoms with Gasteiger partial charge in [0.15, 0.2) is 5.82 Å². The minimum atomic E-state index is -0.0860. The maximum absolute atomic E-state index is 12.5. The molecule has 0 spiro atoms. The number of anilines is 1. The zero-order valence-electron chi connectivity index (χ0n) is 15.8. The highest BCUT2D eigenvalue weighted by atomic mass is 35.5. The highest BCUT2D eigenvalue weighted by Crippen LogP contribution is 2.26. The summed E-state index contributed by atoms with van der Waals surface area (Å²) in [6.45, 7) is 2.72. The molecule has 1 amide bonds. The van der Waals surface area contributed by atoms with Crippen LogP contribution in [0.2, 0.25) is 5.02 Å². The molecule has 1 saturated carbocycles. The van der Waals surface area contributed by atoms with E-state index in [2.05, 4.69) is 31.9 Å². The van der Waals surface area contributed by atoms with E-state index in [1.807, 2.05) is 25.1 Å². The molecule has 6 nitrogen and oxygen atoms in total. The van der Waals surface area contributed by atoms with Gasteiger partial charge in [0, 0.05) is 24.2 Å². The van der Waals surface area contributed by atoms with Crippen LogP contribution in [-0.4, -0.2) is 33.7 Å². The van der Waals surface area contributed by atoms with Crippen LogP contribution in [0, 0.1) is 12.8 Å². The third kappa shape index (κ3) is 4.12. The summed E-state index contributed by atoms with van der Waals surface area (Å²) >= 11 is 5.98. The van der Waals surface area contributed by atoms with Gasteiger partial charge < -0.3 is 10.6 Å². The summed E-state index contributed by atoms with van der Waals surface area (Å²) in [5.74, 6) is 1.41. The number of aryl methyl sites for hydroxylation is 1. The molecule has 28 heavy (non-hydrogen) atoms. The number of carbonyl (C=O) groups excluding carboxylic acids is 1. The van der Waals surface area contributed by atoms with Crippen molar-refractivity contribution in [2.24, 2.45) is 5.92 Å². The van der Waals surface area contributed by atoms with Crippen LogP contribution in [0.25, 0.3) is 10.9 Å². The summed E-state index contributed by atoms with van der Waals surface area (Å²) in [6, 6.07) is 10.0. The van der Waals surface area contributed by atoms with E-state index in [9.17, 15) is 4.79 Å². The lowest BCUT2D eigenvalue weighted by Crippen LogP contribution is -2.38. The predicted molar refractivity (Wildman–Crippen MR) is 112 cm³/mol. The molecule has 0 atom stereocenters. The first-order chi connectivity index (χ1) is 13.6. The van der Waals surface area contributed by atoms with Gasteiger partial charge in [-0.25, -0.2) is 0 Å².